The van der Waals surface area contributed by atoms with Crippen LogP contribution in [0.5, 0.6) is 0 Å². The van der Waals surface area contributed by atoms with Gasteiger partial charge in [-0.1, -0.05) is 37.3 Å². The predicted molar refractivity (Wildman–Crippen MR) is 67.8 cm³/mol. The molecule has 88 valence electrons. The third-order valence-corrected chi connectivity index (χ3v) is 3.05. The summed E-state index contributed by atoms with van der Waals surface area (Å²) in [5.74, 6) is 0.547. The van der Waals surface area contributed by atoms with Crippen LogP contribution in [0, 0.1) is 12.8 Å². The molecule has 1 aromatic rings. The normalized spacial score (nSPS) is 16.6. The summed E-state index contributed by atoms with van der Waals surface area (Å²) >= 11 is 0. The molecule has 0 radical (unpaired) electrons. The molecule has 0 spiro atoms. The second-order valence-electron chi connectivity index (χ2n) is 4.25. The van der Waals surface area contributed by atoms with E-state index >= 15 is 0 Å². The molecule has 0 aromatic heterocycles. The van der Waals surface area contributed by atoms with Crippen LogP contribution in [-0.2, 0) is 0 Å². The molecule has 0 saturated carbocycles. The Morgan fingerprint density at radius 2 is 1.75 bits per heavy atom. The molecule has 1 fully saturated rings. The predicted octanol–water partition coefficient (Wildman–Crippen LogP) is 2.81. The Labute approximate surface area is 98.1 Å². The smallest absolute Gasteiger partial charge is 0.166 e. The molecule has 0 bridgehead atoms. The van der Waals surface area contributed by atoms with Crippen molar-refractivity contribution < 1.29 is 4.79 Å². The van der Waals surface area contributed by atoms with Crippen LogP contribution in [0.1, 0.15) is 36.2 Å². The fourth-order valence-electron chi connectivity index (χ4n) is 2.04. The van der Waals surface area contributed by atoms with Crippen molar-refractivity contribution in [3.05, 3.63) is 35.4 Å². The van der Waals surface area contributed by atoms with Gasteiger partial charge >= 0.3 is 0 Å². The van der Waals surface area contributed by atoms with Gasteiger partial charge in [-0.15, -0.1) is 0 Å². The molecule has 2 nitrogen and oxygen atoms in total. The Kier molecular flexibility index (Phi) is 4.69. The van der Waals surface area contributed by atoms with Gasteiger partial charge < -0.3 is 5.32 Å². The number of hydrogen-bond acceptors (Lipinski definition) is 2. The van der Waals surface area contributed by atoms with Crippen molar-refractivity contribution in [1.29, 1.82) is 0 Å². The zero-order valence-corrected chi connectivity index (χ0v) is 9.12. The maximum absolute atomic E-state index is 12.1. The average Bonchev–Trinajstić information content (AvgIpc) is 2.30. The van der Waals surface area contributed by atoms with Crippen molar-refractivity contribution in [3.8, 4) is 0 Å². The molecule has 1 aliphatic heterocycles. The number of hydrogen-bond donors (Lipinski definition) is 1. The number of piperidine rings is 1. The van der Waals surface area contributed by atoms with Gasteiger partial charge in [-0.2, -0.15) is 0 Å². The van der Waals surface area contributed by atoms with E-state index in [-0.39, 0.29) is 13.3 Å². The van der Waals surface area contributed by atoms with E-state index in [1.165, 1.54) is 5.56 Å². The van der Waals surface area contributed by atoms with Gasteiger partial charge in [0.15, 0.2) is 5.78 Å². The molecule has 1 aliphatic rings. The third kappa shape index (κ3) is 2.92. The number of Topliss-reactive ketones (excluding diaryl/α,β-unsaturated/α-hetero) is 1. The summed E-state index contributed by atoms with van der Waals surface area (Å²) < 4.78 is 0. The first-order valence-corrected chi connectivity index (χ1v) is 5.59. The number of benzene rings is 1. The molecule has 2 rings (SSSR count). The quantitative estimate of drug-likeness (QED) is 0.775. The monoisotopic (exact) mass is 219 g/mol. The number of ketones is 1. The standard InChI is InChI=1S/C13H17NO.CH4/c1-10-2-4-11(5-3-10)13(15)12-6-8-14-9-7-12;/h2-5,12,14H,6-9H2,1H3;1H4. The molecule has 1 heterocycles. The van der Waals surface area contributed by atoms with Crippen LogP contribution in [0.15, 0.2) is 24.3 Å². The van der Waals surface area contributed by atoms with E-state index in [9.17, 15) is 4.79 Å². The van der Waals surface area contributed by atoms with E-state index in [1.54, 1.807) is 0 Å². The zero-order valence-electron chi connectivity index (χ0n) is 9.12. The van der Waals surface area contributed by atoms with E-state index in [0.717, 1.165) is 31.5 Å². The lowest BCUT2D eigenvalue weighted by Crippen LogP contribution is -2.31. The topological polar surface area (TPSA) is 29.1 Å². The maximum atomic E-state index is 12.1. The number of carbonyl (C=O) groups excluding carboxylic acids is 1. The van der Waals surface area contributed by atoms with Crippen LogP contribution >= 0.6 is 0 Å². The van der Waals surface area contributed by atoms with Gasteiger partial charge in [0.25, 0.3) is 0 Å². The number of rotatable bonds is 2. The van der Waals surface area contributed by atoms with E-state index in [0.29, 0.717) is 5.78 Å². The molecule has 1 N–H and O–H groups in total. The molecular formula is C14H21NO. The highest BCUT2D eigenvalue weighted by molar-refractivity contribution is 5.97. The highest BCUT2D eigenvalue weighted by atomic mass is 16.1. The average molecular weight is 219 g/mol. The maximum Gasteiger partial charge on any atom is 0.166 e. The van der Waals surface area contributed by atoms with Crippen molar-refractivity contribution in [2.45, 2.75) is 27.2 Å². The van der Waals surface area contributed by atoms with Gasteiger partial charge in [0.2, 0.25) is 0 Å². The minimum absolute atomic E-state index is 0. The Morgan fingerprint density at radius 1 is 1.19 bits per heavy atom. The molecule has 1 aromatic carbocycles. The molecule has 1 saturated heterocycles. The van der Waals surface area contributed by atoms with Crippen LogP contribution in [-0.4, -0.2) is 18.9 Å². The van der Waals surface area contributed by atoms with E-state index in [1.807, 2.05) is 31.2 Å². The first-order chi connectivity index (χ1) is 7.27. The lowest BCUT2D eigenvalue weighted by Gasteiger charge is -2.21. The lowest BCUT2D eigenvalue weighted by atomic mass is 9.89. The molecule has 0 amide bonds. The highest BCUT2D eigenvalue weighted by Gasteiger charge is 2.21. The summed E-state index contributed by atoms with van der Waals surface area (Å²) in [6.07, 6.45) is 1.96. The van der Waals surface area contributed by atoms with E-state index < -0.39 is 0 Å². The van der Waals surface area contributed by atoms with E-state index in [2.05, 4.69) is 5.32 Å². The van der Waals surface area contributed by atoms with Gasteiger partial charge in [0.05, 0.1) is 0 Å². The molecule has 0 atom stereocenters. The molecule has 0 aliphatic carbocycles. The van der Waals surface area contributed by atoms with Gasteiger partial charge in [-0.3, -0.25) is 4.79 Å². The van der Waals surface area contributed by atoms with E-state index in [4.69, 9.17) is 0 Å². The minimum atomic E-state index is 0. The Bertz CT molecular complexity index is 336. The van der Waals surface area contributed by atoms with Gasteiger partial charge in [-0.25, -0.2) is 0 Å². The van der Waals surface area contributed by atoms with Crippen molar-refractivity contribution in [1.82, 2.24) is 5.32 Å². The van der Waals surface area contributed by atoms with Gasteiger partial charge in [-0.05, 0) is 32.9 Å². The third-order valence-electron chi connectivity index (χ3n) is 3.05. The molecular weight excluding hydrogens is 198 g/mol. The summed E-state index contributed by atoms with van der Waals surface area (Å²) in [6, 6.07) is 7.90. The van der Waals surface area contributed by atoms with Crippen LogP contribution < -0.4 is 5.32 Å². The lowest BCUT2D eigenvalue weighted by molar-refractivity contribution is 0.0895. The Balaban J connectivity index is 0.00000128. The van der Waals surface area contributed by atoms with Crippen LogP contribution in [0.3, 0.4) is 0 Å². The van der Waals surface area contributed by atoms with Crippen LogP contribution in [0.4, 0.5) is 0 Å². The minimum Gasteiger partial charge on any atom is -0.317 e. The van der Waals surface area contributed by atoms with Crippen molar-refractivity contribution in [2.24, 2.45) is 5.92 Å². The summed E-state index contributed by atoms with van der Waals surface area (Å²) in [7, 11) is 0. The molecule has 2 heteroatoms. The second-order valence-corrected chi connectivity index (χ2v) is 4.25. The summed E-state index contributed by atoms with van der Waals surface area (Å²) in [6.45, 7) is 3.99. The first-order valence-electron chi connectivity index (χ1n) is 5.59. The fraction of sp³-hybridized carbons (Fsp3) is 0.500. The second kappa shape index (κ2) is 5.80. The van der Waals surface area contributed by atoms with Crippen molar-refractivity contribution >= 4 is 5.78 Å². The number of carbonyl (C=O) groups is 1. The Morgan fingerprint density at radius 3 is 2.31 bits per heavy atom. The Hall–Kier alpha value is -1.15. The highest BCUT2D eigenvalue weighted by Crippen LogP contribution is 2.18. The summed E-state index contributed by atoms with van der Waals surface area (Å²) in [5, 5.41) is 3.28. The molecule has 0 unspecified atom stereocenters. The largest absolute Gasteiger partial charge is 0.317 e. The number of aryl methyl sites for hydroxylation is 1. The summed E-state index contributed by atoms with van der Waals surface area (Å²) in [4.78, 5) is 12.1. The first kappa shape index (κ1) is 12.9. The summed E-state index contributed by atoms with van der Waals surface area (Å²) in [5.41, 5.74) is 2.07. The van der Waals surface area contributed by atoms with Gasteiger partial charge in [0, 0.05) is 11.5 Å². The van der Waals surface area contributed by atoms with Crippen molar-refractivity contribution in [3.63, 3.8) is 0 Å². The zero-order chi connectivity index (χ0) is 10.7. The SMILES string of the molecule is C.Cc1ccc(C(=O)C2CCNCC2)cc1. The van der Waals surface area contributed by atoms with Crippen molar-refractivity contribution in [2.75, 3.05) is 13.1 Å². The van der Waals surface area contributed by atoms with Gasteiger partial charge in [0.1, 0.15) is 0 Å². The number of nitrogens with one attached hydrogen (secondary N) is 1. The fourth-order valence-corrected chi connectivity index (χ4v) is 2.04. The van der Waals surface area contributed by atoms with Crippen LogP contribution in [0.2, 0.25) is 0 Å². The van der Waals surface area contributed by atoms with Crippen LogP contribution in [0.25, 0.3) is 0 Å². The molecule has 16 heavy (non-hydrogen) atoms.